The quantitative estimate of drug-likeness (QED) is 0.682. The molecule has 1 heterocycles. The van der Waals surface area contributed by atoms with Gasteiger partial charge in [-0.25, -0.2) is 0 Å². The zero-order valence-electron chi connectivity index (χ0n) is 6.31. The van der Waals surface area contributed by atoms with Crippen molar-refractivity contribution in [2.24, 2.45) is 0 Å². The van der Waals surface area contributed by atoms with Crippen LogP contribution in [0.15, 0.2) is 21.9 Å². The van der Waals surface area contributed by atoms with Gasteiger partial charge in [-0.3, -0.25) is 5.10 Å². The Balaban J connectivity index is 2.55. The van der Waals surface area contributed by atoms with E-state index < -0.39 is 0 Å². The van der Waals surface area contributed by atoms with Crippen molar-refractivity contribution >= 4 is 43.6 Å². The zero-order valence-corrected chi connectivity index (χ0v) is 10.3. The summed E-state index contributed by atoms with van der Waals surface area (Å²) in [6.07, 6.45) is 1.90. The van der Waals surface area contributed by atoms with Crippen molar-refractivity contribution in [1.82, 2.24) is 10.2 Å². The summed E-state index contributed by atoms with van der Waals surface area (Å²) >= 11 is 8.54. The van der Waals surface area contributed by atoms with Crippen LogP contribution in [0.4, 0.5) is 0 Å². The van der Waals surface area contributed by atoms with Crippen molar-refractivity contribution in [2.75, 3.05) is 5.75 Å². The Bertz CT molecular complexity index is 253. The molecule has 0 aliphatic heterocycles. The van der Waals surface area contributed by atoms with Gasteiger partial charge >= 0.3 is 0 Å². The van der Waals surface area contributed by atoms with Gasteiger partial charge in [-0.1, -0.05) is 6.08 Å². The molecule has 5 heteroatoms. The maximum atomic E-state index is 4.00. The molecule has 0 bridgehead atoms. The van der Waals surface area contributed by atoms with Crippen LogP contribution in [-0.4, -0.2) is 16.0 Å². The third-order valence-corrected chi connectivity index (χ3v) is 3.52. The van der Waals surface area contributed by atoms with E-state index in [0.717, 1.165) is 20.7 Å². The van der Waals surface area contributed by atoms with Crippen LogP contribution in [0.1, 0.15) is 5.56 Å². The van der Waals surface area contributed by atoms with Crippen LogP contribution < -0.4 is 0 Å². The summed E-state index contributed by atoms with van der Waals surface area (Å²) in [6.45, 7) is 3.66. The van der Waals surface area contributed by atoms with Crippen molar-refractivity contribution < 1.29 is 0 Å². The number of aromatic amines is 1. The highest BCUT2D eigenvalue weighted by Crippen LogP contribution is 2.26. The SMILES string of the molecule is C=CCSCc1c(Br)n[nH]c1Br. The lowest BCUT2D eigenvalue weighted by molar-refractivity contribution is 1.05. The highest BCUT2D eigenvalue weighted by molar-refractivity contribution is 9.11. The van der Waals surface area contributed by atoms with Crippen molar-refractivity contribution in [2.45, 2.75) is 5.75 Å². The first-order chi connectivity index (χ1) is 5.75. The van der Waals surface area contributed by atoms with E-state index >= 15 is 0 Å². The molecule has 0 saturated carbocycles. The summed E-state index contributed by atoms with van der Waals surface area (Å²) in [4.78, 5) is 0. The first-order valence-electron chi connectivity index (χ1n) is 3.32. The Morgan fingerprint density at radius 1 is 1.58 bits per heavy atom. The second-order valence-corrected chi connectivity index (χ2v) is 4.69. The van der Waals surface area contributed by atoms with Crippen LogP contribution in [0.25, 0.3) is 0 Å². The molecule has 0 spiro atoms. The van der Waals surface area contributed by atoms with Gasteiger partial charge < -0.3 is 0 Å². The summed E-state index contributed by atoms with van der Waals surface area (Å²) in [5.41, 5.74) is 1.17. The fourth-order valence-electron chi connectivity index (χ4n) is 0.691. The number of nitrogens with zero attached hydrogens (tertiary/aromatic N) is 1. The van der Waals surface area contributed by atoms with Crippen LogP contribution in [0.3, 0.4) is 0 Å². The van der Waals surface area contributed by atoms with E-state index in [0.29, 0.717) is 0 Å². The zero-order chi connectivity index (χ0) is 8.97. The van der Waals surface area contributed by atoms with Crippen LogP contribution in [0.5, 0.6) is 0 Å². The number of rotatable bonds is 4. The smallest absolute Gasteiger partial charge is 0.133 e. The molecule has 1 aromatic heterocycles. The summed E-state index contributed by atoms with van der Waals surface area (Å²) in [7, 11) is 0. The van der Waals surface area contributed by atoms with E-state index in [2.05, 4.69) is 48.6 Å². The number of nitrogens with one attached hydrogen (secondary N) is 1. The molecule has 0 aliphatic rings. The molecule has 1 rings (SSSR count). The second kappa shape index (κ2) is 5.09. The lowest BCUT2D eigenvalue weighted by Gasteiger charge is -1.96. The van der Waals surface area contributed by atoms with E-state index in [1.807, 2.05) is 6.08 Å². The lowest BCUT2D eigenvalue weighted by atomic mass is 10.4. The third-order valence-electron chi connectivity index (χ3n) is 1.25. The monoisotopic (exact) mass is 310 g/mol. The Kier molecular flexibility index (Phi) is 4.39. The van der Waals surface area contributed by atoms with Crippen LogP contribution in [-0.2, 0) is 5.75 Å². The second-order valence-electron chi connectivity index (χ2n) is 2.11. The fraction of sp³-hybridized carbons (Fsp3) is 0.286. The van der Waals surface area contributed by atoms with Gasteiger partial charge in [-0.2, -0.15) is 16.9 Å². The molecule has 66 valence electrons. The maximum absolute atomic E-state index is 4.00. The Labute approximate surface area is 92.5 Å². The van der Waals surface area contributed by atoms with Crippen molar-refractivity contribution in [3.05, 3.63) is 27.4 Å². The van der Waals surface area contributed by atoms with E-state index in [-0.39, 0.29) is 0 Å². The molecule has 0 unspecified atom stereocenters. The van der Waals surface area contributed by atoms with Crippen LogP contribution in [0.2, 0.25) is 0 Å². The van der Waals surface area contributed by atoms with E-state index in [9.17, 15) is 0 Å². The number of H-pyrrole nitrogens is 1. The van der Waals surface area contributed by atoms with Gasteiger partial charge in [0.1, 0.15) is 9.21 Å². The van der Waals surface area contributed by atoms with E-state index in [1.54, 1.807) is 11.8 Å². The standard InChI is InChI=1S/C7H8Br2N2S/c1-2-3-12-4-5-6(8)10-11-7(5)9/h2H,1,3-4H2,(H,10,11). The number of hydrogen-bond donors (Lipinski definition) is 1. The number of hydrogen-bond acceptors (Lipinski definition) is 2. The van der Waals surface area contributed by atoms with Gasteiger partial charge in [-0.05, 0) is 31.9 Å². The highest BCUT2D eigenvalue weighted by atomic mass is 79.9. The average Bonchev–Trinajstić information content (AvgIpc) is 2.35. The Hall–Kier alpha value is 0.260. The first kappa shape index (κ1) is 10.3. The van der Waals surface area contributed by atoms with Gasteiger partial charge in [0.2, 0.25) is 0 Å². The largest absolute Gasteiger partial charge is 0.270 e. The highest BCUT2D eigenvalue weighted by Gasteiger charge is 2.07. The van der Waals surface area contributed by atoms with Gasteiger partial charge in [0, 0.05) is 17.1 Å². The predicted octanol–water partition coefficient (Wildman–Crippen LogP) is 3.35. The first-order valence-corrected chi connectivity index (χ1v) is 6.06. The number of thioether (sulfide) groups is 1. The number of halogens is 2. The molecule has 1 N–H and O–H groups in total. The molecule has 0 amide bonds. The predicted molar refractivity (Wildman–Crippen MR) is 60.3 cm³/mol. The van der Waals surface area contributed by atoms with Crippen molar-refractivity contribution in [1.29, 1.82) is 0 Å². The molecule has 0 atom stereocenters. The fourth-order valence-corrected chi connectivity index (χ4v) is 2.94. The van der Waals surface area contributed by atoms with Crippen molar-refractivity contribution in [3.63, 3.8) is 0 Å². The third kappa shape index (κ3) is 2.64. The van der Waals surface area contributed by atoms with Gasteiger partial charge in [-0.15, -0.1) is 6.58 Å². The summed E-state index contributed by atoms with van der Waals surface area (Å²) in [6, 6.07) is 0. The minimum Gasteiger partial charge on any atom is -0.270 e. The molecule has 0 aliphatic carbocycles. The van der Waals surface area contributed by atoms with Gasteiger partial charge in [0.25, 0.3) is 0 Å². The van der Waals surface area contributed by atoms with E-state index in [4.69, 9.17) is 0 Å². The van der Waals surface area contributed by atoms with Crippen molar-refractivity contribution in [3.8, 4) is 0 Å². The lowest BCUT2D eigenvalue weighted by Crippen LogP contribution is -1.80. The molecule has 0 fully saturated rings. The number of aromatic nitrogens is 2. The topological polar surface area (TPSA) is 28.7 Å². The summed E-state index contributed by atoms with van der Waals surface area (Å²) in [5.74, 6) is 1.90. The molecule has 0 aromatic carbocycles. The molecule has 0 saturated heterocycles. The molecule has 1 aromatic rings. The minimum atomic E-state index is 0.880. The molecular weight excluding hydrogens is 304 g/mol. The molecule has 2 nitrogen and oxygen atoms in total. The van der Waals surface area contributed by atoms with Crippen LogP contribution in [0, 0.1) is 0 Å². The molecular formula is C7H8Br2N2S. The Morgan fingerprint density at radius 2 is 2.33 bits per heavy atom. The van der Waals surface area contributed by atoms with Crippen LogP contribution >= 0.6 is 43.6 Å². The van der Waals surface area contributed by atoms with Gasteiger partial charge in [0.05, 0.1) is 0 Å². The maximum Gasteiger partial charge on any atom is 0.133 e. The summed E-state index contributed by atoms with van der Waals surface area (Å²) in [5, 5.41) is 6.84. The van der Waals surface area contributed by atoms with Gasteiger partial charge in [0.15, 0.2) is 0 Å². The molecule has 12 heavy (non-hydrogen) atoms. The minimum absolute atomic E-state index is 0.880. The average molecular weight is 312 g/mol. The Morgan fingerprint density at radius 3 is 2.83 bits per heavy atom. The normalized spacial score (nSPS) is 10.2. The molecule has 0 radical (unpaired) electrons. The summed E-state index contributed by atoms with van der Waals surface area (Å²) < 4.78 is 1.83. The van der Waals surface area contributed by atoms with E-state index in [1.165, 1.54) is 5.56 Å².